The zero-order valence-electron chi connectivity index (χ0n) is 12.0. The van der Waals surface area contributed by atoms with Gasteiger partial charge in [0.05, 0.1) is 18.2 Å². The van der Waals surface area contributed by atoms with Gasteiger partial charge in [0, 0.05) is 13.1 Å². The zero-order valence-corrected chi connectivity index (χ0v) is 12.0. The van der Waals surface area contributed by atoms with Crippen LogP contribution in [0.25, 0.3) is 0 Å². The van der Waals surface area contributed by atoms with E-state index >= 15 is 0 Å². The maximum absolute atomic E-state index is 13.5. The minimum Gasteiger partial charge on any atom is -0.450 e. The van der Waals surface area contributed by atoms with Crippen molar-refractivity contribution in [1.82, 2.24) is 4.90 Å². The predicted molar refractivity (Wildman–Crippen MR) is 76.3 cm³/mol. The highest BCUT2D eigenvalue weighted by Gasteiger charge is 2.29. The third-order valence-corrected chi connectivity index (χ3v) is 3.45. The number of piperidine rings is 1. The van der Waals surface area contributed by atoms with Crippen LogP contribution in [-0.2, 0) is 9.53 Å². The van der Waals surface area contributed by atoms with E-state index in [2.05, 4.69) is 5.32 Å². The lowest BCUT2D eigenvalue weighted by molar-refractivity contribution is -0.121. The molecule has 2 rings (SSSR count). The summed E-state index contributed by atoms with van der Waals surface area (Å²) in [5.41, 5.74) is 0.163. The summed E-state index contributed by atoms with van der Waals surface area (Å²) in [6.07, 6.45) is 1.01. The van der Waals surface area contributed by atoms with Crippen LogP contribution in [-0.4, -0.2) is 36.6 Å². The molecule has 1 unspecified atom stereocenters. The molecule has 0 bridgehead atoms. The average molecular weight is 294 g/mol. The first-order valence-corrected chi connectivity index (χ1v) is 7.09. The number of carbonyl (C=O) groups is 2. The van der Waals surface area contributed by atoms with E-state index in [-0.39, 0.29) is 17.5 Å². The summed E-state index contributed by atoms with van der Waals surface area (Å²) in [4.78, 5) is 25.4. The molecule has 1 atom stereocenters. The van der Waals surface area contributed by atoms with E-state index in [1.807, 2.05) is 0 Å². The van der Waals surface area contributed by atoms with E-state index in [4.69, 9.17) is 4.74 Å². The Hall–Kier alpha value is -2.11. The van der Waals surface area contributed by atoms with Crippen LogP contribution in [0, 0.1) is 11.7 Å². The van der Waals surface area contributed by atoms with E-state index in [9.17, 15) is 14.0 Å². The molecule has 1 fully saturated rings. The fourth-order valence-electron chi connectivity index (χ4n) is 2.37. The molecule has 5 nitrogen and oxygen atoms in total. The second-order valence-corrected chi connectivity index (χ2v) is 4.95. The number of likely N-dealkylation sites (tertiary alicyclic amines) is 1. The van der Waals surface area contributed by atoms with Crippen LogP contribution in [0.5, 0.6) is 0 Å². The number of para-hydroxylation sites is 1. The molecular formula is C15H19FN2O3. The molecule has 0 aromatic heterocycles. The summed E-state index contributed by atoms with van der Waals surface area (Å²) < 4.78 is 18.5. The molecule has 1 saturated heterocycles. The van der Waals surface area contributed by atoms with Crippen LogP contribution in [0.2, 0.25) is 0 Å². The minimum atomic E-state index is -0.469. The molecule has 114 valence electrons. The van der Waals surface area contributed by atoms with Crippen LogP contribution in [0.15, 0.2) is 24.3 Å². The van der Waals surface area contributed by atoms with Gasteiger partial charge in [0.25, 0.3) is 0 Å². The number of ether oxygens (including phenoxy) is 1. The van der Waals surface area contributed by atoms with E-state index in [1.165, 1.54) is 17.0 Å². The van der Waals surface area contributed by atoms with Crippen LogP contribution in [0.3, 0.4) is 0 Å². The standard InChI is InChI=1S/C15H19FN2O3/c1-2-21-15(20)18-9-5-6-11(10-18)14(19)17-13-8-4-3-7-12(13)16/h3-4,7-8,11H,2,5-6,9-10H2,1H3,(H,17,19). The summed E-state index contributed by atoms with van der Waals surface area (Å²) in [5.74, 6) is -1.08. The first kappa shape index (κ1) is 15.3. The molecule has 2 amide bonds. The Morgan fingerprint density at radius 3 is 2.90 bits per heavy atom. The lowest BCUT2D eigenvalue weighted by Crippen LogP contribution is -2.44. The van der Waals surface area contributed by atoms with Crippen molar-refractivity contribution in [3.8, 4) is 0 Å². The fourth-order valence-corrected chi connectivity index (χ4v) is 2.37. The van der Waals surface area contributed by atoms with Crippen molar-refractivity contribution in [1.29, 1.82) is 0 Å². The van der Waals surface area contributed by atoms with Gasteiger partial charge in [0.1, 0.15) is 5.82 Å². The van der Waals surface area contributed by atoms with E-state index < -0.39 is 11.9 Å². The Kier molecular flexibility index (Phi) is 5.14. The average Bonchev–Trinajstić information content (AvgIpc) is 2.50. The van der Waals surface area contributed by atoms with Crippen molar-refractivity contribution in [2.24, 2.45) is 5.92 Å². The highest BCUT2D eigenvalue weighted by Crippen LogP contribution is 2.20. The number of nitrogens with zero attached hydrogens (tertiary/aromatic N) is 1. The lowest BCUT2D eigenvalue weighted by atomic mass is 9.97. The lowest BCUT2D eigenvalue weighted by Gasteiger charge is -2.31. The third kappa shape index (κ3) is 3.93. The van der Waals surface area contributed by atoms with Gasteiger partial charge in [-0.2, -0.15) is 0 Å². The number of rotatable bonds is 3. The number of hydrogen-bond acceptors (Lipinski definition) is 3. The molecule has 1 aromatic carbocycles. The summed E-state index contributed by atoms with van der Waals surface area (Å²) >= 11 is 0. The second kappa shape index (κ2) is 7.06. The van der Waals surface area contributed by atoms with Gasteiger partial charge >= 0.3 is 6.09 Å². The highest BCUT2D eigenvalue weighted by molar-refractivity contribution is 5.93. The second-order valence-electron chi connectivity index (χ2n) is 4.95. The number of amides is 2. The number of halogens is 1. The van der Waals surface area contributed by atoms with Gasteiger partial charge in [-0.15, -0.1) is 0 Å². The SMILES string of the molecule is CCOC(=O)N1CCCC(C(=O)Nc2ccccc2F)C1. The van der Waals surface area contributed by atoms with Crippen LogP contribution in [0.1, 0.15) is 19.8 Å². The maximum Gasteiger partial charge on any atom is 0.409 e. The Morgan fingerprint density at radius 2 is 2.19 bits per heavy atom. The quantitative estimate of drug-likeness (QED) is 0.932. The van der Waals surface area contributed by atoms with Crippen molar-refractivity contribution in [3.63, 3.8) is 0 Å². The van der Waals surface area contributed by atoms with Crippen molar-refractivity contribution < 1.29 is 18.7 Å². The minimum absolute atomic E-state index is 0.163. The normalized spacial score (nSPS) is 18.2. The topological polar surface area (TPSA) is 58.6 Å². The molecule has 1 aliphatic heterocycles. The van der Waals surface area contributed by atoms with Crippen LogP contribution < -0.4 is 5.32 Å². The van der Waals surface area contributed by atoms with Crippen molar-refractivity contribution >= 4 is 17.7 Å². The molecule has 0 radical (unpaired) electrons. The van der Waals surface area contributed by atoms with Gasteiger partial charge in [-0.25, -0.2) is 9.18 Å². The molecule has 0 saturated carbocycles. The Labute approximate surface area is 123 Å². The summed E-state index contributed by atoms with van der Waals surface area (Å²) in [6.45, 7) is 2.94. The smallest absolute Gasteiger partial charge is 0.409 e. The first-order chi connectivity index (χ1) is 10.1. The maximum atomic E-state index is 13.5. The first-order valence-electron chi connectivity index (χ1n) is 7.09. The Morgan fingerprint density at radius 1 is 1.43 bits per heavy atom. The van der Waals surface area contributed by atoms with Gasteiger partial charge in [0.15, 0.2) is 0 Å². The van der Waals surface area contributed by atoms with E-state index in [0.29, 0.717) is 26.1 Å². The van der Waals surface area contributed by atoms with Crippen molar-refractivity contribution in [3.05, 3.63) is 30.1 Å². The molecule has 1 N–H and O–H groups in total. The number of benzene rings is 1. The largest absolute Gasteiger partial charge is 0.450 e. The highest BCUT2D eigenvalue weighted by atomic mass is 19.1. The van der Waals surface area contributed by atoms with Gasteiger partial charge in [-0.1, -0.05) is 12.1 Å². The zero-order chi connectivity index (χ0) is 15.2. The molecule has 1 aromatic rings. The number of carbonyl (C=O) groups excluding carboxylic acids is 2. The molecule has 21 heavy (non-hydrogen) atoms. The van der Waals surface area contributed by atoms with Gasteiger partial charge in [-0.05, 0) is 31.9 Å². The van der Waals surface area contributed by atoms with E-state index in [1.54, 1.807) is 19.1 Å². The number of hydrogen-bond donors (Lipinski definition) is 1. The molecule has 1 heterocycles. The number of anilines is 1. The van der Waals surface area contributed by atoms with Gasteiger partial charge < -0.3 is 15.0 Å². The number of nitrogens with one attached hydrogen (secondary N) is 1. The van der Waals surface area contributed by atoms with Gasteiger partial charge in [0.2, 0.25) is 5.91 Å². The van der Waals surface area contributed by atoms with Crippen LogP contribution in [0.4, 0.5) is 14.9 Å². The van der Waals surface area contributed by atoms with Crippen molar-refractivity contribution in [2.75, 3.05) is 25.0 Å². The molecular weight excluding hydrogens is 275 g/mol. The molecule has 0 aliphatic carbocycles. The molecule has 6 heteroatoms. The third-order valence-electron chi connectivity index (χ3n) is 3.45. The predicted octanol–water partition coefficient (Wildman–Crippen LogP) is 2.63. The van der Waals surface area contributed by atoms with Crippen molar-refractivity contribution in [2.45, 2.75) is 19.8 Å². The summed E-state index contributed by atoms with van der Waals surface area (Å²) in [5, 5.41) is 2.58. The van der Waals surface area contributed by atoms with Crippen LogP contribution >= 0.6 is 0 Å². The molecule has 1 aliphatic rings. The van der Waals surface area contributed by atoms with Gasteiger partial charge in [-0.3, -0.25) is 4.79 Å². The summed E-state index contributed by atoms with van der Waals surface area (Å²) in [7, 11) is 0. The Balaban J connectivity index is 1.96. The monoisotopic (exact) mass is 294 g/mol. The Bertz CT molecular complexity index is 521. The molecule has 0 spiro atoms. The van der Waals surface area contributed by atoms with E-state index in [0.717, 1.165) is 6.42 Å². The summed E-state index contributed by atoms with van der Waals surface area (Å²) in [6, 6.07) is 6.03. The fraction of sp³-hybridized carbons (Fsp3) is 0.467.